The fourth-order valence-electron chi connectivity index (χ4n) is 6.18. The first-order valence-electron chi connectivity index (χ1n) is 9.85. The lowest BCUT2D eigenvalue weighted by molar-refractivity contribution is -0.144. The first-order chi connectivity index (χ1) is 13.0. The second kappa shape index (κ2) is 6.20. The van der Waals surface area contributed by atoms with Crippen LogP contribution in [0.2, 0.25) is 0 Å². The minimum atomic E-state index is -0.211. The van der Waals surface area contributed by atoms with Crippen LogP contribution in [0.15, 0.2) is 36.4 Å². The average molecular weight is 381 g/mol. The van der Waals surface area contributed by atoms with Gasteiger partial charge < -0.3 is 15.7 Å². The Kier molecular flexibility index (Phi) is 3.90. The van der Waals surface area contributed by atoms with Crippen LogP contribution in [0.5, 0.6) is 5.75 Å². The summed E-state index contributed by atoms with van der Waals surface area (Å²) in [7, 11) is 0. The van der Waals surface area contributed by atoms with Crippen LogP contribution in [0.4, 0.5) is 5.69 Å². The van der Waals surface area contributed by atoms with Crippen molar-refractivity contribution in [1.29, 1.82) is 0 Å². The van der Waals surface area contributed by atoms with Gasteiger partial charge in [-0.2, -0.15) is 0 Å². The van der Waals surface area contributed by atoms with Crippen molar-refractivity contribution in [1.82, 2.24) is 5.32 Å². The predicted octanol–water partition coefficient (Wildman–Crippen LogP) is 4.57. The summed E-state index contributed by atoms with van der Waals surface area (Å²) in [6, 6.07) is 11.0. The Hall–Kier alpha value is -2.14. The highest BCUT2D eigenvalue weighted by molar-refractivity contribution is 7.80. The largest absolute Gasteiger partial charge is 0.507 e. The number of carbonyl (C=O) groups is 1. The summed E-state index contributed by atoms with van der Waals surface area (Å²) in [5.74, 6) is 2.51. The maximum absolute atomic E-state index is 13.1. The molecular weight excluding hydrogens is 356 g/mol. The minimum absolute atomic E-state index is 0.0992. The number of rotatable bonds is 2. The number of aromatic hydroxyl groups is 1. The van der Waals surface area contributed by atoms with Gasteiger partial charge in [-0.05, 0) is 80.6 Å². The zero-order valence-corrected chi connectivity index (χ0v) is 16.0. The van der Waals surface area contributed by atoms with Crippen LogP contribution < -0.4 is 10.6 Å². The van der Waals surface area contributed by atoms with E-state index in [1.165, 1.54) is 19.3 Å². The number of nitrogens with one attached hydrogen (secondary N) is 2. The van der Waals surface area contributed by atoms with Crippen molar-refractivity contribution in [2.24, 2.45) is 23.2 Å². The van der Waals surface area contributed by atoms with E-state index in [1.807, 2.05) is 24.3 Å². The third-order valence-corrected chi connectivity index (χ3v) is 7.10. The highest BCUT2D eigenvalue weighted by Crippen LogP contribution is 2.60. The van der Waals surface area contributed by atoms with E-state index in [1.54, 1.807) is 12.1 Å². The molecule has 27 heavy (non-hydrogen) atoms. The Bertz CT molecular complexity index is 904. The quantitative estimate of drug-likeness (QED) is 0.668. The molecule has 0 radical (unpaired) electrons. The third kappa shape index (κ3) is 2.89. The third-order valence-electron chi connectivity index (χ3n) is 6.89. The lowest BCUT2D eigenvalue weighted by atomic mass is 9.49. The molecule has 1 amide bonds. The van der Waals surface area contributed by atoms with E-state index in [2.05, 4.69) is 10.6 Å². The highest BCUT2D eigenvalue weighted by atomic mass is 32.1. The number of phenols is 1. The second-order valence-corrected chi connectivity index (χ2v) is 9.19. The van der Waals surface area contributed by atoms with Crippen LogP contribution in [0.3, 0.4) is 0 Å². The second-order valence-electron chi connectivity index (χ2n) is 8.78. The number of fused-ring (bicyclic) bond motifs is 1. The summed E-state index contributed by atoms with van der Waals surface area (Å²) in [4.78, 5) is 13.1. The van der Waals surface area contributed by atoms with E-state index in [0.29, 0.717) is 5.11 Å². The van der Waals surface area contributed by atoms with Gasteiger partial charge in [0, 0.05) is 16.5 Å². The zero-order valence-electron chi connectivity index (χ0n) is 15.2. The molecule has 0 aliphatic heterocycles. The van der Waals surface area contributed by atoms with Gasteiger partial charge in [-0.3, -0.25) is 4.79 Å². The SMILES string of the molecule is O=C(NC(=S)Nc1cccc2c(O)cccc12)C12CC3CC(CC(C3)C1)C2. The Morgan fingerprint density at radius 2 is 1.56 bits per heavy atom. The summed E-state index contributed by atoms with van der Waals surface area (Å²) in [6.07, 6.45) is 7.01. The predicted molar refractivity (Wildman–Crippen MR) is 111 cm³/mol. The summed E-state index contributed by atoms with van der Waals surface area (Å²) < 4.78 is 0. The maximum Gasteiger partial charge on any atom is 0.232 e. The summed E-state index contributed by atoms with van der Waals surface area (Å²) in [5, 5.41) is 18.2. The summed E-state index contributed by atoms with van der Waals surface area (Å²) in [5.41, 5.74) is 0.580. The molecule has 140 valence electrons. The molecule has 2 aromatic rings. The fourth-order valence-corrected chi connectivity index (χ4v) is 6.38. The maximum atomic E-state index is 13.1. The van der Waals surface area contributed by atoms with Gasteiger partial charge >= 0.3 is 0 Å². The molecule has 0 spiro atoms. The Labute approximate surface area is 164 Å². The first kappa shape index (κ1) is 17.0. The van der Waals surface area contributed by atoms with Crippen molar-refractivity contribution in [3.8, 4) is 5.75 Å². The fraction of sp³-hybridized carbons (Fsp3) is 0.455. The van der Waals surface area contributed by atoms with Gasteiger partial charge in [-0.1, -0.05) is 24.3 Å². The Morgan fingerprint density at radius 3 is 2.22 bits per heavy atom. The number of phenolic OH excluding ortho intramolecular Hbond substituents is 1. The molecule has 6 rings (SSSR count). The molecule has 0 heterocycles. The Balaban J connectivity index is 1.33. The lowest BCUT2D eigenvalue weighted by Crippen LogP contribution is -2.55. The van der Waals surface area contributed by atoms with Crippen molar-refractivity contribution < 1.29 is 9.90 Å². The first-order valence-corrected chi connectivity index (χ1v) is 10.3. The van der Waals surface area contributed by atoms with Crippen LogP contribution in [0.1, 0.15) is 38.5 Å². The van der Waals surface area contributed by atoms with Crippen LogP contribution in [-0.4, -0.2) is 16.1 Å². The van der Waals surface area contributed by atoms with Gasteiger partial charge in [0.25, 0.3) is 0 Å². The average Bonchev–Trinajstić information content (AvgIpc) is 2.61. The van der Waals surface area contributed by atoms with Gasteiger partial charge in [0.15, 0.2) is 5.11 Å². The normalized spacial score (nSPS) is 31.0. The summed E-state index contributed by atoms with van der Waals surface area (Å²) >= 11 is 5.46. The van der Waals surface area contributed by atoms with E-state index >= 15 is 0 Å². The molecule has 0 saturated heterocycles. The summed E-state index contributed by atoms with van der Waals surface area (Å²) in [6.45, 7) is 0. The number of anilines is 1. The molecule has 4 aliphatic rings. The van der Waals surface area contributed by atoms with Crippen molar-refractivity contribution in [2.45, 2.75) is 38.5 Å². The molecule has 0 aromatic heterocycles. The Morgan fingerprint density at radius 1 is 0.963 bits per heavy atom. The standard InChI is InChI=1S/C22H24N2O2S/c25-19-6-2-3-16-17(19)4-1-5-18(16)23-21(27)24-20(26)22-10-13-7-14(11-22)9-15(8-13)12-22/h1-6,13-15,25H,7-12H2,(H2,23,24,26,27). The van der Waals surface area contributed by atoms with Crippen LogP contribution in [-0.2, 0) is 4.79 Å². The van der Waals surface area contributed by atoms with Crippen molar-refractivity contribution in [3.63, 3.8) is 0 Å². The molecule has 0 unspecified atom stereocenters. The number of amides is 1. The van der Waals surface area contributed by atoms with Crippen LogP contribution >= 0.6 is 12.2 Å². The number of benzene rings is 2. The van der Waals surface area contributed by atoms with E-state index in [9.17, 15) is 9.90 Å². The van der Waals surface area contributed by atoms with E-state index in [-0.39, 0.29) is 17.1 Å². The zero-order chi connectivity index (χ0) is 18.6. The number of hydrogen-bond acceptors (Lipinski definition) is 3. The smallest absolute Gasteiger partial charge is 0.232 e. The van der Waals surface area contributed by atoms with Crippen molar-refractivity contribution >= 4 is 39.7 Å². The van der Waals surface area contributed by atoms with E-state index in [0.717, 1.165) is 53.5 Å². The molecule has 4 aliphatic carbocycles. The van der Waals surface area contributed by atoms with Crippen molar-refractivity contribution in [3.05, 3.63) is 36.4 Å². The van der Waals surface area contributed by atoms with Crippen molar-refractivity contribution in [2.75, 3.05) is 5.32 Å². The topological polar surface area (TPSA) is 61.4 Å². The molecule has 4 nitrogen and oxygen atoms in total. The van der Waals surface area contributed by atoms with E-state index < -0.39 is 0 Å². The lowest BCUT2D eigenvalue weighted by Gasteiger charge is -2.55. The number of carbonyl (C=O) groups excluding carboxylic acids is 1. The molecule has 3 N–H and O–H groups in total. The monoisotopic (exact) mass is 380 g/mol. The molecule has 4 saturated carbocycles. The van der Waals surface area contributed by atoms with Gasteiger partial charge in [0.05, 0.1) is 5.41 Å². The van der Waals surface area contributed by atoms with Gasteiger partial charge in [-0.15, -0.1) is 0 Å². The van der Waals surface area contributed by atoms with Gasteiger partial charge in [0.1, 0.15) is 5.75 Å². The molecule has 2 aromatic carbocycles. The molecule has 4 bridgehead atoms. The minimum Gasteiger partial charge on any atom is -0.507 e. The number of thiocarbonyl (C=S) groups is 1. The van der Waals surface area contributed by atoms with Gasteiger partial charge in [-0.25, -0.2) is 0 Å². The molecular formula is C22H24N2O2S. The molecule has 0 atom stereocenters. The number of hydrogen-bond donors (Lipinski definition) is 3. The molecule has 4 fully saturated rings. The molecule has 5 heteroatoms. The van der Waals surface area contributed by atoms with Crippen LogP contribution in [0, 0.1) is 23.2 Å². The van der Waals surface area contributed by atoms with E-state index in [4.69, 9.17) is 12.2 Å². The van der Waals surface area contributed by atoms with Crippen LogP contribution in [0.25, 0.3) is 10.8 Å². The van der Waals surface area contributed by atoms with Gasteiger partial charge in [0.2, 0.25) is 5.91 Å². The highest BCUT2D eigenvalue weighted by Gasteiger charge is 2.54.